The molecule has 0 unspecified atom stereocenters. The number of morpholine rings is 1. The molecule has 114 valence electrons. The lowest BCUT2D eigenvalue weighted by Gasteiger charge is -2.29. The molecule has 8 heteroatoms. The predicted octanol–water partition coefficient (Wildman–Crippen LogP) is -1.13. The minimum Gasteiger partial charge on any atom is -0.422 e. The van der Waals surface area contributed by atoms with E-state index in [1.807, 2.05) is 4.90 Å². The van der Waals surface area contributed by atoms with Gasteiger partial charge in [0.2, 0.25) is 0 Å². The van der Waals surface area contributed by atoms with Crippen molar-refractivity contribution in [3.05, 3.63) is 16.4 Å². The number of aromatic nitrogens is 2. The summed E-state index contributed by atoms with van der Waals surface area (Å²) in [5.74, 6) is 0. The van der Waals surface area contributed by atoms with Gasteiger partial charge >= 0.3 is 7.12 Å². The topological polar surface area (TPSA) is 87.8 Å². The second-order valence-corrected chi connectivity index (χ2v) is 5.62. The van der Waals surface area contributed by atoms with E-state index in [2.05, 4.69) is 5.10 Å². The van der Waals surface area contributed by atoms with Crippen molar-refractivity contribution in [2.24, 2.45) is 0 Å². The standard InChI is InChI=1S/C13H20BN3O4/c18-13-11(16-5-7-21-8-6-16)9-12(14(19)20)15-17(13)10-3-1-2-4-10/h9-10,19-20H,1-8H2. The van der Waals surface area contributed by atoms with E-state index in [-0.39, 0.29) is 17.2 Å². The molecule has 1 aromatic rings. The molecule has 1 saturated carbocycles. The fourth-order valence-corrected chi connectivity index (χ4v) is 3.07. The summed E-state index contributed by atoms with van der Waals surface area (Å²) < 4.78 is 6.75. The molecule has 0 radical (unpaired) electrons. The second-order valence-electron chi connectivity index (χ2n) is 5.62. The zero-order valence-electron chi connectivity index (χ0n) is 11.9. The lowest BCUT2D eigenvalue weighted by molar-refractivity contribution is 0.122. The van der Waals surface area contributed by atoms with Crippen LogP contribution in [0.4, 0.5) is 5.69 Å². The van der Waals surface area contributed by atoms with Crippen molar-refractivity contribution in [1.82, 2.24) is 9.78 Å². The first-order valence-corrected chi connectivity index (χ1v) is 7.49. The molecule has 0 aromatic carbocycles. The highest BCUT2D eigenvalue weighted by atomic mass is 16.5. The lowest BCUT2D eigenvalue weighted by atomic mass is 9.86. The molecule has 0 spiro atoms. The van der Waals surface area contributed by atoms with Crippen LogP contribution < -0.4 is 16.1 Å². The first-order chi connectivity index (χ1) is 10.2. The van der Waals surface area contributed by atoms with Gasteiger partial charge in [0.25, 0.3) is 5.56 Å². The SMILES string of the molecule is O=c1c(N2CCOCC2)cc(B(O)O)nn1C1CCCC1. The quantitative estimate of drug-likeness (QED) is 0.686. The fraction of sp³-hybridized carbons (Fsp3) is 0.692. The van der Waals surface area contributed by atoms with E-state index in [9.17, 15) is 14.8 Å². The summed E-state index contributed by atoms with van der Waals surface area (Å²) in [4.78, 5) is 14.6. The molecule has 0 bridgehead atoms. The number of nitrogens with zero attached hydrogens (tertiary/aromatic N) is 3. The molecule has 2 N–H and O–H groups in total. The number of hydrogen-bond acceptors (Lipinski definition) is 6. The van der Waals surface area contributed by atoms with Crippen molar-refractivity contribution < 1.29 is 14.8 Å². The smallest absolute Gasteiger partial charge is 0.422 e. The van der Waals surface area contributed by atoms with Gasteiger partial charge < -0.3 is 19.7 Å². The summed E-state index contributed by atoms with van der Waals surface area (Å²) >= 11 is 0. The molecule has 7 nitrogen and oxygen atoms in total. The average Bonchev–Trinajstić information content (AvgIpc) is 3.02. The van der Waals surface area contributed by atoms with Crippen molar-refractivity contribution in [3.8, 4) is 0 Å². The summed E-state index contributed by atoms with van der Waals surface area (Å²) in [6.07, 6.45) is 4.00. The molecule has 2 fully saturated rings. The molecule has 1 aliphatic carbocycles. The van der Waals surface area contributed by atoms with Crippen LogP contribution >= 0.6 is 0 Å². The van der Waals surface area contributed by atoms with Crippen molar-refractivity contribution in [3.63, 3.8) is 0 Å². The van der Waals surface area contributed by atoms with Crippen LogP contribution in [0.3, 0.4) is 0 Å². The van der Waals surface area contributed by atoms with E-state index in [4.69, 9.17) is 4.74 Å². The van der Waals surface area contributed by atoms with Gasteiger partial charge in [-0.25, -0.2) is 4.68 Å². The lowest BCUT2D eigenvalue weighted by Crippen LogP contribution is -2.46. The summed E-state index contributed by atoms with van der Waals surface area (Å²) in [6, 6.07) is 1.56. The van der Waals surface area contributed by atoms with E-state index < -0.39 is 7.12 Å². The van der Waals surface area contributed by atoms with E-state index in [0.29, 0.717) is 32.0 Å². The minimum absolute atomic E-state index is 0.0657. The van der Waals surface area contributed by atoms with Crippen LogP contribution in [0, 0.1) is 0 Å². The van der Waals surface area contributed by atoms with Crippen LogP contribution in [0.2, 0.25) is 0 Å². The van der Waals surface area contributed by atoms with Crippen molar-refractivity contribution in [1.29, 1.82) is 0 Å². The Balaban J connectivity index is 2.02. The monoisotopic (exact) mass is 293 g/mol. The third-order valence-corrected chi connectivity index (χ3v) is 4.22. The normalized spacial score (nSPS) is 20.0. The van der Waals surface area contributed by atoms with Gasteiger partial charge in [-0.2, -0.15) is 5.10 Å². The Hall–Kier alpha value is -1.38. The maximum absolute atomic E-state index is 12.7. The van der Waals surface area contributed by atoms with Crippen LogP contribution in [-0.4, -0.2) is 53.3 Å². The van der Waals surface area contributed by atoms with E-state index in [0.717, 1.165) is 25.7 Å². The summed E-state index contributed by atoms with van der Waals surface area (Å²) in [5, 5.41) is 23.0. The van der Waals surface area contributed by atoms with Gasteiger partial charge in [-0.05, 0) is 18.9 Å². The summed E-state index contributed by atoms with van der Waals surface area (Å²) in [7, 11) is -1.67. The van der Waals surface area contributed by atoms with Crippen LogP contribution in [0.15, 0.2) is 10.9 Å². The van der Waals surface area contributed by atoms with Crippen molar-refractivity contribution in [2.45, 2.75) is 31.7 Å². The maximum atomic E-state index is 12.7. The Morgan fingerprint density at radius 1 is 1.24 bits per heavy atom. The van der Waals surface area contributed by atoms with Crippen molar-refractivity contribution >= 4 is 18.4 Å². The number of hydrogen-bond donors (Lipinski definition) is 2. The number of anilines is 1. The maximum Gasteiger partial charge on any atom is 0.510 e. The van der Waals surface area contributed by atoms with Gasteiger partial charge in [-0.1, -0.05) is 12.8 Å². The Labute approximate surface area is 123 Å². The van der Waals surface area contributed by atoms with Crippen LogP contribution in [0.25, 0.3) is 0 Å². The van der Waals surface area contributed by atoms with Gasteiger partial charge in [0.15, 0.2) is 0 Å². The molecule has 0 amide bonds. The van der Waals surface area contributed by atoms with Crippen LogP contribution in [-0.2, 0) is 4.74 Å². The molecule has 0 atom stereocenters. The molecular formula is C13H20BN3O4. The highest BCUT2D eigenvalue weighted by Crippen LogP contribution is 2.27. The highest BCUT2D eigenvalue weighted by molar-refractivity contribution is 6.57. The van der Waals surface area contributed by atoms with E-state index in [1.165, 1.54) is 10.7 Å². The fourth-order valence-electron chi connectivity index (χ4n) is 3.07. The van der Waals surface area contributed by atoms with Gasteiger partial charge in [-0.3, -0.25) is 4.79 Å². The first-order valence-electron chi connectivity index (χ1n) is 7.49. The summed E-state index contributed by atoms with van der Waals surface area (Å²) in [6.45, 7) is 2.40. The van der Waals surface area contributed by atoms with Gasteiger partial charge in [0, 0.05) is 13.1 Å². The van der Waals surface area contributed by atoms with Crippen molar-refractivity contribution in [2.75, 3.05) is 31.2 Å². The number of ether oxygens (including phenoxy) is 1. The Morgan fingerprint density at radius 2 is 1.90 bits per heavy atom. The molecule has 1 saturated heterocycles. The van der Waals surface area contributed by atoms with Crippen LogP contribution in [0.5, 0.6) is 0 Å². The Morgan fingerprint density at radius 3 is 2.52 bits per heavy atom. The van der Waals surface area contributed by atoms with Gasteiger partial charge in [0.05, 0.1) is 24.8 Å². The predicted molar refractivity (Wildman–Crippen MR) is 78.9 cm³/mol. The molecular weight excluding hydrogens is 273 g/mol. The average molecular weight is 293 g/mol. The van der Waals surface area contributed by atoms with Crippen LogP contribution in [0.1, 0.15) is 31.7 Å². The molecule has 2 heterocycles. The molecule has 1 aromatic heterocycles. The third-order valence-electron chi connectivity index (χ3n) is 4.22. The number of rotatable bonds is 3. The molecule has 1 aliphatic heterocycles. The first kappa shape index (κ1) is 14.6. The molecule has 2 aliphatic rings. The van der Waals surface area contributed by atoms with Gasteiger partial charge in [0.1, 0.15) is 5.69 Å². The van der Waals surface area contributed by atoms with E-state index in [1.54, 1.807) is 0 Å². The zero-order chi connectivity index (χ0) is 14.8. The Bertz CT molecular complexity index is 551. The Kier molecular flexibility index (Phi) is 4.28. The largest absolute Gasteiger partial charge is 0.510 e. The third kappa shape index (κ3) is 2.97. The van der Waals surface area contributed by atoms with Gasteiger partial charge in [-0.15, -0.1) is 0 Å². The summed E-state index contributed by atoms with van der Waals surface area (Å²) in [5.41, 5.74) is 0.472. The second kappa shape index (κ2) is 6.17. The molecule has 3 rings (SSSR count). The highest BCUT2D eigenvalue weighted by Gasteiger charge is 2.26. The molecule has 21 heavy (non-hydrogen) atoms. The van der Waals surface area contributed by atoms with E-state index >= 15 is 0 Å². The minimum atomic E-state index is -1.67. The zero-order valence-corrected chi connectivity index (χ0v) is 11.9.